The first kappa shape index (κ1) is 37.9. The van der Waals surface area contributed by atoms with E-state index in [1.54, 1.807) is 13.4 Å². The van der Waals surface area contributed by atoms with Crippen molar-refractivity contribution in [3.8, 4) is 5.75 Å². The number of rotatable bonds is 13. The largest absolute Gasteiger partial charge is 0.497 e. The third-order valence-electron chi connectivity index (χ3n) is 12.0. The van der Waals surface area contributed by atoms with E-state index in [0.29, 0.717) is 24.4 Å². The van der Waals surface area contributed by atoms with Gasteiger partial charge in [-0.1, -0.05) is 164 Å². The molecule has 1 saturated carbocycles. The minimum Gasteiger partial charge on any atom is -0.497 e. The summed E-state index contributed by atoms with van der Waals surface area (Å²) < 4.78 is 14.8. The summed E-state index contributed by atoms with van der Waals surface area (Å²) in [4.78, 5) is 14.6. The number of nitrogens with zero attached hydrogens (tertiary/aromatic N) is 4. The van der Waals surface area contributed by atoms with E-state index in [0.717, 1.165) is 57.6 Å². The topological polar surface area (TPSA) is 94.3 Å². The summed E-state index contributed by atoms with van der Waals surface area (Å²) in [5, 5.41) is 15.8. The molecule has 0 aliphatic heterocycles. The number of hydrogen-bond donors (Lipinski definition) is 2. The van der Waals surface area contributed by atoms with E-state index < -0.39 is 17.2 Å². The van der Waals surface area contributed by atoms with Crippen LogP contribution in [0.1, 0.15) is 58.7 Å². The van der Waals surface area contributed by atoms with Gasteiger partial charge in [0.2, 0.25) is 0 Å². The summed E-state index contributed by atoms with van der Waals surface area (Å²) in [6, 6.07) is 60.2. The van der Waals surface area contributed by atoms with Gasteiger partial charge in [0.05, 0.1) is 26.1 Å². The Morgan fingerprint density at radius 3 is 1.59 bits per heavy atom. The molecule has 0 spiro atoms. The summed E-state index contributed by atoms with van der Waals surface area (Å²) in [7, 11) is 1.68. The van der Waals surface area contributed by atoms with Crippen LogP contribution < -0.4 is 10.1 Å². The van der Waals surface area contributed by atoms with E-state index in [2.05, 4.69) is 143 Å². The molecule has 2 N–H and O–H groups in total. The molecule has 59 heavy (non-hydrogen) atoms. The van der Waals surface area contributed by atoms with E-state index in [1.807, 2.05) is 48.8 Å². The third-order valence-corrected chi connectivity index (χ3v) is 12.0. The van der Waals surface area contributed by atoms with Gasteiger partial charge >= 0.3 is 0 Å². The number of aliphatic hydroxyl groups is 1. The van der Waals surface area contributed by atoms with Crippen LogP contribution in [0.15, 0.2) is 189 Å². The van der Waals surface area contributed by atoms with Crippen molar-refractivity contribution in [2.45, 2.75) is 42.5 Å². The lowest BCUT2D eigenvalue weighted by atomic mass is 9.77. The number of anilines is 1. The zero-order valence-electron chi connectivity index (χ0n) is 33.0. The van der Waals surface area contributed by atoms with Gasteiger partial charge < -0.3 is 24.5 Å². The molecule has 0 saturated heterocycles. The summed E-state index contributed by atoms with van der Waals surface area (Å²) in [5.74, 6) is 1.32. The van der Waals surface area contributed by atoms with Gasteiger partial charge in [-0.3, -0.25) is 0 Å². The molecule has 3 atom stereocenters. The van der Waals surface area contributed by atoms with Crippen molar-refractivity contribution >= 4 is 17.0 Å². The Morgan fingerprint density at radius 2 is 1.10 bits per heavy atom. The number of hydrogen-bond acceptors (Lipinski definition) is 7. The van der Waals surface area contributed by atoms with Crippen molar-refractivity contribution in [1.82, 2.24) is 19.5 Å². The standard InChI is InChI=1S/C51H47N5O3/c1-58-45-31-28-40(29-32-45)50(38-17-7-2-8-18-38,39-19-9-3-10-20-39)55-48-47-49(53-35-52-48)56(36-54-47)44-30-27-37(46(57)33-44)34-59-51(41-21-11-4-12-22-41,42-23-13-5-14-24-42)43-25-15-6-16-26-43/h2-26,28-29,31-32,35-37,44,46,57H,27,30,33-34H2,1H3,(H,52,53,55)/t37-,44+,46+/m0/s1. The average Bonchev–Trinajstić information content (AvgIpc) is 3.76. The minimum atomic E-state index is -0.845. The monoisotopic (exact) mass is 777 g/mol. The lowest BCUT2D eigenvalue weighted by Crippen LogP contribution is -2.39. The summed E-state index contributed by atoms with van der Waals surface area (Å²) >= 11 is 0. The van der Waals surface area contributed by atoms with Gasteiger partial charge in [0.25, 0.3) is 0 Å². The summed E-state index contributed by atoms with van der Waals surface area (Å²) in [6.07, 6.45) is 5.02. The lowest BCUT2D eigenvalue weighted by molar-refractivity contribution is -0.0552. The first-order valence-corrected chi connectivity index (χ1v) is 20.3. The maximum absolute atomic E-state index is 11.9. The van der Waals surface area contributed by atoms with Gasteiger partial charge in [-0.2, -0.15) is 0 Å². The highest BCUT2D eigenvalue weighted by Crippen LogP contribution is 2.44. The first-order valence-electron chi connectivity index (χ1n) is 20.3. The number of fused-ring (bicyclic) bond motifs is 1. The Bertz CT molecular complexity index is 2430. The summed E-state index contributed by atoms with van der Waals surface area (Å²) in [6.45, 7) is 0.389. The Kier molecular flexibility index (Phi) is 10.7. The Morgan fingerprint density at radius 1 is 0.610 bits per heavy atom. The average molecular weight is 778 g/mol. The normalized spacial score (nSPS) is 17.1. The molecule has 2 heterocycles. The number of methoxy groups -OCH3 is 1. The van der Waals surface area contributed by atoms with Gasteiger partial charge in [0.1, 0.15) is 28.7 Å². The van der Waals surface area contributed by atoms with Gasteiger partial charge in [-0.05, 0) is 64.8 Å². The van der Waals surface area contributed by atoms with Crippen LogP contribution in [0, 0.1) is 5.92 Å². The molecule has 294 valence electrons. The Labute approximate surface area is 345 Å². The first-order chi connectivity index (χ1) is 29.1. The number of imidazole rings is 1. The molecule has 0 bridgehead atoms. The lowest BCUT2D eigenvalue weighted by Gasteiger charge is -2.39. The van der Waals surface area contributed by atoms with Gasteiger partial charge in [0, 0.05) is 12.0 Å². The second-order valence-corrected chi connectivity index (χ2v) is 15.3. The number of nitrogens with one attached hydrogen (secondary N) is 1. The van der Waals surface area contributed by atoms with Crippen LogP contribution in [0.5, 0.6) is 5.75 Å². The van der Waals surface area contributed by atoms with Crippen LogP contribution in [0.25, 0.3) is 11.2 Å². The number of aliphatic hydroxyl groups excluding tert-OH is 1. The van der Waals surface area contributed by atoms with Crippen molar-refractivity contribution in [1.29, 1.82) is 0 Å². The molecule has 8 aromatic rings. The highest BCUT2D eigenvalue weighted by molar-refractivity contribution is 5.84. The number of aromatic nitrogens is 4. The van der Waals surface area contributed by atoms with E-state index >= 15 is 0 Å². The molecule has 1 aliphatic rings. The molecular formula is C51H47N5O3. The zero-order valence-corrected chi connectivity index (χ0v) is 33.0. The van der Waals surface area contributed by atoms with Crippen LogP contribution in [-0.2, 0) is 15.9 Å². The molecule has 0 amide bonds. The second kappa shape index (κ2) is 16.7. The molecule has 9 rings (SSSR count). The van der Waals surface area contributed by atoms with E-state index in [1.165, 1.54) is 0 Å². The highest BCUT2D eigenvalue weighted by atomic mass is 16.5. The SMILES string of the molecule is COc1ccc(C(Nc2ncnc3c2ncn3[C@@H]2CC[C@@H](COC(c3ccccc3)(c3ccccc3)c3ccccc3)[C@H](O)C2)(c2ccccc2)c2ccccc2)cc1. The van der Waals surface area contributed by atoms with Crippen molar-refractivity contribution in [2.75, 3.05) is 19.0 Å². The van der Waals surface area contributed by atoms with Crippen LogP contribution >= 0.6 is 0 Å². The molecule has 0 radical (unpaired) electrons. The quantitative estimate of drug-likeness (QED) is 0.113. The van der Waals surface area contributed by atoms with Crippen molar-refractivity contribution in [3.63, 3.8) is 0 Å². The zero-order chi connectivity index (χ0) is 40.1. The van der Waals surface area contributed by atoms with Gasteiger partial charge in [0.15, 0.2) is 11.5 Å². The minimum absolute atomic E-state index is 0.00859. The van der Waals surface area contributed by atoms with E-state index in [9.17, 15) is 5.11 Å². The van der Waals surface area contributed by atoms with Crippen LogP contribution in [0.3, 0.4) is 0 Å². The Hall–Kier alpha value is -6.61. The van der Waals surface area contributed by atoms with Crippen LogP contribution in [0.4, 0.5) is 5.82 Å². The van der Waals surface area contributed by atoms with Gasteiger partial charge in [-0.25, -0.2) is 15.0 Å². The van der Waals surface area contributed by atoms with Crippen LogP contribution in [-0.4, -0.2) is 44.4 Å². The molecule has 2 aromatic heterocycles. The molecule has 1 fully saturated rings. The molecule has 8 heteroatoms. The molecule has 8 nitrogen and oxygen atoms in total. The highest BCUT2D eigenvalue weighted by Gasteiger charge is 2.41. The molecular weight excluding hydrogens is 731 g/mol. The fourth-order valence-electron chi connectivity index (χ4n) is 8.96. The fraction of sp³-hybridized carbons (Fsp3) is 0.196. The van der Waals surface area contributed by atoms with Crippen molar-refractivity contribution in [3.05, 3.63) is 222 Å². The van der Waals surface area contributed by atoms with Gasteiger partial charge in [-0.15, -0.1) is 0 Å². The number of benzene rings is 6. The second-order valence-electron chi connectivity index (χ2n) is 15.3. The van der Waals surface area contributed by atoms with Crippen LogP contribution in [0.2, 0.25) is 0 Å². The maximum atomic E-state index is 11.9. The molecule has 6 aromatic carbocycles. The molecule has 0 unspecified atom stereocenters. The maximum Gasteiger partial charge on any atom is 0.165 e. The van der Waals surface area contributed by atoms with E-state index in [-0.39, 0.29) is 12.0 Å². The predicted molar refractivity (Wildman–Crippen MR) is 232 cm³/mol. The smallest absolute Gasteiger partial charge is 0.165 e. The van der Waals surface area contributed by atoms with E-state index in [4.69, 9.17) is 24.4 Å². The van der Waals surface area contributed by atoms with Crippen molar-refractivity contribution in [2.24, 2.45) is 5.92 Å². The summed E-state index contributed by atoms with van der Waals surface area (Å²) in [5.41, 5.74) is 5.95. The van der Waals surface area contributed by atoms with Crippen molar-refractivity contribution < 1.29 is 14.6 Å². The fourth-order valence-corrected chi connectivity index (χ4v) is 8.96. The number of ether oxygens (including phenoxy) is 2. The third kappa shape index (κ3) is 7.15. The predicted octanol–water partition coefficient (Wildman–Crippen LogP) is 9.95. The Balaban J connectivity index is 1.01. The molecule has 1 aliphatic carbocycles.